The molecule has 0 aromatic heterocycles. The van der Waals surface area contributed by atoms with E-state index in [1.165, 1.54) is 0 Å². The summed E-state index contributed by atoms with van der Waals surface area (Å²) in [4.78, 5) is 15.0. The second-order valence-electron chi connectivity index (χ2n) is 7.86. The van der Waals surface area contributed by atoms with Gasteiger partial charge in [0.2, 0.25) is 5.91 Å². The Hall–Kier alpha value is -0.870. The van der Waals surface area contributed by atoms with Crippen LogP contribution in [0.2, 0.25) is 0 Å². The number of carbonyl (C=O) groups is 1. The summed E-state index contributed by atoms with van der Waals surface area (Å²) in [6.45, 7) is 10.6. The van der Waals surface area contributed by atoms with Crippen LogP contribution in [0.4, 0.5) is 0 Å². The van der Waals surface area contributed by atoms with Crippen molar-refractivity contribution in [2.75, 3.05) is 26.3 Å². The highest BCUT2D eigenvalue weighted by molar-refractivity contribution is 5.93. The number of rotatable bonds is 3. The molecule has 0 radical (unpaired) electrons. The first-order chi connectivity index (χ1) is 10.5. The Bertz CT molecular complexity index is 452. The van der Waals surface area contributed by atoms with Crippen LogP contribution >= 0.6 is 0 Å². The first kappa shape index (κ1) is 16.0. The fraction of sp³-hybridized carbons (Fsp3) is 0.833. The Morgan fingerprint density at radius 2 is 2.09 bits per heavy atom. The number of nitrogens with one attached hydrogen (secondary N) is 1. The van der Waals surface area contributed by atoms with Crippen LogP contribution in [0.1, 0.15) is 46.5 Å². The largest absolute Gasteiger partial charge is 0.379 e. The third-order valence-electron chi connectivity index (χ3n) is 5.97. The zero-order chi connectivity index (χ0) is 15.7. The monoisotopic (exact) mass is 306 g/mol. The third kappa shape index (κ3) is 3.09. The van der Waals surface area contributed by atoms with Gasteiger partial charge in [0, 0.05) is 36.2 Å². The average Bonchev–Trinajstić information content (AvgIpc) is 2.52. The molecule has 1 N–H and O–H groups in total. The number of allylic oxidation sites excluding steroid dienone is 1. The molecule has 4 nitrogen and oxygen atoms in total. The standard InChI is InChI=1S/C18H30N2O2/c1-13-4-6-14(7-5-13)17(21)19-15-12-16(18(15,2)3)20-8-10-22-11-9-20/h6,13,15-16H,4-5,7-12H2,1-3H3,(H,19,21). The topological polar surface area (TPSA) is 41.6 Å². The summed E-state index contributed by atoms with van der Waals surface area (Å²) in [5.41, 5.74) is 1.15. The molecule has 0 spiro atoms. The summed E-state index contributed by atoms with van der Waals surface area (Å²) in [6, 6.07) is 0.871. The van der Waals surface area contributed by atoms with Crippen molar-refractivity contribution in [1.82, 2.24) is 10.2 Å². The molecule has 4 heteroatoms. The molecule has 0 aromatic rings. The van der Waals surface area contributed by atoms with Crippen molar-refractivity contribution >= 4 is 5.91 Å². The van der Waals surface area contributed by atoms with Crippen LogP contribution in [0.3, 0.4) is 0 Å². The van der Waals surface area contributed by atoms with Gasteiger partial charge in [-0.15, -0.1) is 0 Å². The maximum Gasteiger partial charge on any atom is 0.247 e. The smallest absolute Gasteiger partial charge is 0.247 e. The second-order valence-corrected chi connectivity index (χ2v) is 7.86. The molecule has 1 saturated heterocycles. The first-order valence-electron chi connectivity index (χ1n) is 8.80. The minimum atomic E-state index is 0.148. The molecule has 3 aliphatic rings. The molecule has 3 atom stereocenters. The van der Waals surface area contributed by atoms with Gasteiger partial charge in [-0.05, 0) is 31.6 Å². The molecule has 1 aliphatic heterocycles. The Labute approximate surface area is 134 Å². The normalized spacial score (nSPS) is 35.4. The zero-order valence-electron chi connectivity index (χ0n) is 14.2. The first-order valence-corrected chi connectivity index (χ1v) is 8.80. The van der Waals surface area contributed by atoms with Gasteiger partial charge in [-0.2, -0.15) is 0 Å². The molecule has 0 aromatic carbocycles. The maximum absolute atomic E-state index is 12.5. The van der Waals surface area contributed by atoms with E-state index in [4.69, 9.17) is 4.74 Å². The highest BCUT2D eigenvalue weighted by atomic mass is 16.5. The molecular weight excluding hydrogens is 276 g/mol. The summed E-state index contributed by atoms with van der Waals surface area (Å²) >= 11 is 0. The number of hydrogen-bond donors (Lipinski definition) is 1. The van der Waals surface area contributed by atoms with Crippen molar-refractivity contribution in [3.63, 3.8) is 0 Å². The summed E-state index contributed by atoms with van der Waals surface area (Å²) in [5.74, 6) is 0.896. The van der Waals surface area contributed by atoms with Gasteiger partial charge in [0.05, 0.1) is 13.2 Å². The molecule has 22 heavy (non-hydrogen) atoms. The Kier molecular flexibility index (Phi) is 4.60. The van der Waals surface area contributed by atoms with E-state index in [1.807, 2.05) is 0 Å². The molecule has 0 bridgehead atoms. The Morgan fingerprint density at radius 3 is 2.68 bits per heavy atom. The van der Waals surface area contributed by atoms with Crippen LogP contribution in [0.5, 0.6) is 0 Å². The molecule has 3 rings (SSSR count). The van der Waals surface area contributed by atoms with Crippen LogP contribution in [0, 0.1) is 11.3 Å². The van der Waals surface area contributed by atoms with Gasteiger partial charge in [-0.3, -0.25) is 9.69 Å². The maximum atomic E-state index is 12.5. The zero-order valence-corrected chi connectivity index (χ0v) is 14.2. The van der Waals surface area contributed by atoms with Crippen molar-refractivity contribution in [3.8, 4) is 0 Å². The third-order valence-corrected chi connectivity index (χ3v) is 5.97. The molecule has 1 saturated carbocycles. The minimum Gasteiger partial charge on any atom is -0.379 e. The van der Waals surface area contributed by atoms with Crippen molar-refractivity contribution in [1.29, 1.82) is 0 Å². The van der Waals surface area contributed by atoms with Crippen molar-refractivity contribution < 1.29 is 9.53 Å². The highest BCUT2D eigenvalue weighted by Crippen LogP contribution is 2.44. The van der Waals surface area contributed by atoms with E-state index in [2.05, 4.69) is 37.1 Å². The fourth-order valence-electron chi connectivity index (χ4n) is 4.08. The van der Waals surface area contributed by atoms with Gasteiger partial charge < -0.3 is 10.1 Å². The number of hydrogen-bond acceptors (Lipinski definition) is 3. The summed E-state index contributed by atoms with van der Waals surface area (Å²) in [5, 5.41) is 3.30. The highest BCUT2D eigenvalue weighted by Gasteiger charge is 2.51. The number of nitrogens with zero attached hydrogens (tertiary/aromatic N) is 1. The lowest BCUT2D eigenvalue weighted by Crippen LogP contribution is -2.67. The molecule has 3 unspecified atom stereocenters. The van der Waals surface area contributed by atoms with Crippen molar-refractivity contribution in [2.24, 2.45) is 11.3 Å². The molecule has 124 valence electrons. The Balaban J connectivity index is 1.55. The lowest BCUT2D eigenvalue weighted by atomic mass is 9.62. The van der Waals surface area contributed by atoms with Gasteiger partial charge >= 0.3 is 0 Å². The van der Waals surface area contributed by atoms with E-state index in [0.717, 1.165) is 63.5 Å². The second kappa shape index (κ2) is 6.32. The number of morpholine rings is 1. The molecule has 2 fully saturated rings. The molecule has 2 aliphatic carbocycles. The Morgan fingerprint density at radius 1 is 1.36 bits per heavy atom. The van der Waals surface area contributed by atoms with Crippen LogP contribution in [-0.4, -0.2) is 49.2 Å². The lowest BCUT2D eigenvalue weighted by Gasteiger charge is -2.57. The summed E-state index contributed by atoms with van der Waals surface area (Å²) in [7, 11) is 0. The SMILES string of the molecule is CC1CC=C(C(=O)NC2CC(N3CCOCC3)C2(C)C)CC1. The predicted molar refractivity (Wildman–Crippen MR) is 87.6 cm³/mol. The summed E-state index contributed by atoms with van der Waals surface area (Å²) < 4.78 is 5.45. The van der Waals surface area contributed by atoms with Crippen LogP contribution in [-0.2, 0) is 9.53 Å². The van der Waals surface area contributed by atoms with Gasteiger partial charge in [0.15, 0.2) is 0 Å². The van der Waals surface area contributed by atoms with E-state index in [9.17, 15) is 4.79 Å². The number of ether oxygens (including phenoxy) is 1. The quantitative estimate of drug-likeness (QED) is 0.870. The fourth-order valence-corrected chi connectivity index (χ4v) is 4.08. The minimum absolute atomic E-state index is 0.148. The van der Waals surface area contributed by atoms with E-state index in [-0.39, 0.29) is 11.3 Å². The van der Waals surface area contributed by atoms with Gasteiger partial charge in [0.25, 0.3) is 0 Å². The van der Waals surface area contributed by atoms with Crippen LogP contribution in [0.25, 0.3) is 0 Å². The predicted octanol–water partition coefficient (Wildman–Crippen LogP) is 2.35. The summed E-state index contributed by atoms with van der Waals surface area (Å²) in [6.07, 6.45) is 6.35. The molecule has 1 heterocycles. The van der Waals surface area contributed by atoms with Gasteiger partial charge in [-0.25, -0.2) is 0 Å². The van der Waals surface area contributed by atoms with E-state index < -0.39 is 0 Å². The van der Waals surface area contributed by atoms with Crippen molar-refractivity contribution in [3.05, 3.63) is 11.6 Å². The lowest BCUT2D eigenvalue weighted by molar-refractivity contribution is -0.125. The van der Waals surface area contributed by atoms with E-state index in [1.54, 1.807) is 0 Å². The molecular formula is C18H30N2O2. The van der Waals surface area contributed by atoms with Gasteiger partial charge in [0.1, 0.15) is 0 Å². The number of amides is 1. The van der Waals surface area contributed by atoms with Gasteiger partial charge in [-0.1, -0.05) is 26.8 Å². The molecule has 1 amide bonds. The van der Waals surface area contributed by atoms with Crippen molar-refractivity contribution in [2.45, 2.75) is 58.5 Å². The van der Waals surface area contributed by atoms with Crippen LogP contribution < -0.4 is 5.32 Å². The average molecular weight is 306 g/mol. The number of carbonyl (C=O) groups excluding carboxylic acids is 1. The van der Waals surface area contributed by atoms with Crippen LogP contribution in [0.15, 0.2) is 11.6 Å². The van der Waals surface area contributed by atoms with E-state index >= 15 is 0 Å². The van der Waals surface area contributed by atoms with E-state index in [0.29, 0.717) is 12.1 Å².